The first-order valence-corrected chi connectivity index (χ1v) is 7.21. The average molecular weight is 253 g/mol. The van der Waals surface area contributed by atoms with Crippen LogP contribution in [0.1, 0.15) is 58.6 Å². The highest BCUT2D eigenvalue weighted by Crippen LogP contribution is 2.44. The number of benzene rings is 1. The molecule has 1 heteroatoms. The molecule has 0 radical (unpaired) electrons. The van der Waals surface area contributed by atoms with Gasteiger partial charge in [0.1, 0.15) is 0 Å². The Morgan fingerprint density at radius 3 is 2.47 bits per heavy atom. The van der Waals surface area contributed by atoms with Gasteiger partial charge in [-0.05, 0) is 47.8 Å². The van der Waals surface area contributed by atoms with Gasteiger partial charge in [0.25, 0.3) is 0 Å². The molecule has 0 saturated carbocycles. The summed E-state index contributed by atoms with van der Waals surface area (Å²) in [4.78, 5) is 0. The molecular formula is C16H25Cl. The summed E-state index contributed by atoms with van der Waals surface area (Å²) < 4.78 is 0. The van der Waals surface area contributed by atoms with Crippen LogP contribution in [0.15, 0.2) is 18.2 Å². The fraction of sp³-hybridized carbons (Fsp3) is 0.625. The molecule has 1 aliphatic carbocycles. The fourth-order valence-electron chi connectivity index (χ4n) is 2.71. The van der Waals surface area contributed by atoms with E-state index in [9.17, 15) is 0 Å². The van der Waals surface area contributed by atoms with Gasteiger partial charge in [-0.25, -0.2) is 0 Å². The molecule has 1 unspecified atom stereocenters. The Hall–Kier alpha value is -0.490. The zero-order chi connectivity index (χ0) is 13.1. The van der Waals surface area contributed by atoms with Gasteiger partial charge in [-0.1, -0.05) is 58.4 Å². The van der Waals surface area contributed by atoms with Crippen molar-refractivity contribution in [1.82, 2.24) is 0 Å². The van der Waals surface area contributed by atoms with E-state index >= 15 is 0 Å². The Morgan fingerprint density at radius 2 is 1.88 bits per heavy atom. The number of rotatable bonds is 1. The molecule has 0 spiro atoms. The van der Waals surface area contributed by atoms with E-state index in [2.05, 4.69) is 32.9 Å². The van der Waals surface area contributed by atoms with E-state index in [0.717, 1.165) is 11.4 Å². The zero-order valence-electron chi connectivity index (χ0n) is 11.8. The molecule has 0 bridgehead atoms. The zero-order valence-corrected chi connectivity index (χ0v) is 12.6. The molecule has 17 heavy (non-hydrogen) atoms. The molecule has 1 aromatic carbocycles. The highest BCUT2D eigenvalue weighted by Gasteiger charge is 2.35. The standard InChI is InChI=1S/C14H19Cl.C2H6/c1-10(2)14(3)9-5-6-11-12(14)7-4-8-13(11)15;1-2/h4,7-8,10H,5-6,9H2,1-3H3;1-2H3. The van der Waals surface area contributed by atoms with Crippen molar-refractivity contribution in [3.05, 3.63) is 34.3 Å². The van der Waals surface area contributed by atoms with E-state index in [1.54, 1.807) is 0 Å². The lowest BCUT2D eigenvalue weighted by Gasteiger charge is -2.40. The summed E-state index contributed by atoms with van der Waals surface area (Å²) in [5.74, 6) is 0.676. The summed E-state index contributed by atoms with van der Waals surface area (Å²) in [6, 6.07) is 6.37. The lowest BCUT2D eigenvalue weighted by atomic mass is 9.65. The van der Waals surface area contributed by atoms with Gasteiger partial charge in [0.2, 0.25) is 0 Å². The number of halogens is 1. The second-order valence-electron chi connectivity index (χ2n) is 5.19. The Labute approximate surface area is 111 Å². The molecule has 0 saturated heterocycles. The van der Waals surface area contributed by atoms with Crippen LogP contribution in [0.5, 0.6) is 0 Å². The minimum Gasteiger partial charge on any atom is -0.0840 e. The van der Waals surface area contributed by atoms with Gasteiger partial charge in [-0.15, -0.1) is 0 Å². The van der Waals surface area contributed by atoms with Crippen molar-refractivity contribution >= 4 is 11.6 Å². The minimum absolute atomic E-state index is 0.318. The molecule has 0 fully saturated rings. The minimum atomic E-state index is 0.318. The molecular weight excluding hydrogens is 228 g/mol. The quantitative estimate of drug-likeness (QED) is 0.609. The fourth-order valence-corrected chi connectivity index (χ4v) is 2.98. The molecule has 0 nitrogen and oxygen atoms in total. The second kappa shape index (κ2) is 5.91. The van der Waals surface area contributed by atoms with Crippen LogP contribution in [-0.2, 0) is 11.8 Å². The Bertz CT molecular complexity index is 368. The van der Waals surface area contributed by atoms with Crippen LogP contribution in [0, 0.1) is 5.92 Å². The van der Waals surface area contributed by atoms with Gasteiger partial charge in [-0.3, -0.25) is 0 Å². The van der Waals surface area contributed by atoms with Gasteiger partial charge >= 0.3 is 0 Å². The third kappa shape index (κ3) is 2.68. The van der Waals surface area contributed by atoms with Crippen molar-refractivity contribution in [3.63, 3.8) is 0 Å². The molecule has 1 aromatic rings. The molecule has 0 N–H and O–H groups in total. The highest BCUT2D eigenvalue weighted by atomic mass is 35.5. The normalized spacial score (nSPS) is 22.8. The molecule has 1 atom stereocenters. The predicted octanol–water partition coefficient (Wildman–Crippen LogP) is 5.62. The van der Waals surface area contributed by atoms with Crippen LogP contribution in [-0.4, -0.2) is 0 Å². The molecule has 0 aliphatic heterocycles. The summed E-state index contributed by atoms with van der Waals surface area (Å²) in [5, 5.41) is 0.957. The van der Waals surface area contributed by atoms with Gasteiger partial charge < -0.3 is 0 Å². The van der Waals surface area contributed by atoms with Crippen molar-refractivity contribution in [3.8, 4) is 0 Å². The summed E-state index contributed by atoms with van der Waals surface area (Å²) >= 11 is 6.27. The van der Waals surface area contributed by atoms with E-state index in [-0.39, 0.29) is 0 Å². The van der Waals surface area contributed by atoms with Crippen LogP contribution in [0.25, 0.3) is 0 Å². The van der Waals surface area contributed by atoms with Crippen LogP contribution < -0.4 is 0 Å². The molecule has 0 amide bonds. The summed E-state index contributed by atoms with van der Waals surface area (Å²) in [6.07, 6.45) is 3.71. The van der Waals surface area contributed by atoms with E-state index in [1.165, 1.54) is 24.0 Å². The van der Waals surface area contributed by atoms with Crippen LogP contribution in [0.2, 0.25) is 5.02 Å². The van der Waals surface area contributed by atoms with Crippen molar-refractivity contribution < 1.29 is 0 Å². The molecule has 0 heterocycles. The monoisotopic (exact) mass is 252 g/mol. The Kier molecular flexibility index (Phi) is 5.06. The van der Waals surface area contributed by atoms with Gasteiger partial charge in [-0.2, -0.15) is 0 Å². The van der Waals surface area contributed by atoms with Crippen molar-refractivity contribution in [2.45, 2.75) is 59.3 Å². The third-order valence-electron chi connectivity index (χ3n) is 4.13. The smallest absolute Gasteiger partial charge is 0.0440 e. The number of hydrogen-bond donors (Lipinski definition) is 0. The van der Waals surface area contributed by atoms with Gasteiger partial charge in [0.05, 0.1) is 0 Å². The van der Waals surface area contributed by atoms with E-state index in [1.807, 2.05) is 19.9 Å². The average Bonchev–Trinajstić information content (AvgIpc) is 2.33. The van der Waals surface area contributed by atoms with Crippen molar-refractivity contribution in [2.75, 3.05) is 0 Å². The number of fused-ring (bicyclic) bond motifs is 1. The molecule has 1 aliphatic rings. The third-order valence-corrected chi connectivity index (χ3v) is 4.49. The lowest BCUT2D eigenvalue weighted by Crippen LogP contribution is -2.33. The SMILES string of the molecule is CC.CC(C)C1(C)CCCc2c(Cl)cccc21. The van der Waals surface area contributed by atoms with Crippen LogP contribution in [0.3, 0.4) is 0 Å². The largest absolute Gasteiger partial charge is 0.0840 e. The molecule has 96 valence electrons. The van der Waals surface area contributed by atoms with E-state index in [0.29, 0.717) is 11.3 Å². The second-order valence-corrected chi connectivity index (χ2v) is 5.60. The Morgan fingerprint density at radius 1 is 1.24 bits per heavy atom. The summed E-state index contributed by atoms with van der Waals surface area (Å²) in [7, 11) is 0. The topological polar surface area (TPSA) is 0 Å². The summed E-state index contributed by atoms with van der Waals surface area (Å²) in [6.45, 7) is 11.0. The first kappa shape index (κ1) is 14.6. The van der Waals surface area contributed by atoms with E-state index < -0.39 is 0 Å². The summed E-state index contributed by atoms with van der Waals surface area (Å²) in [5.41, 5.74) is 3.19. The molecule has 2 rings (SSSR count). The number of hydrogen-bond acceptors (Lipinski definition) is 0. The van der Waals surface area contributed by atoms with Crippen LogP contribution >= 0.6 is 11.6 Å². The highest BCUT2D eigenvalue weighted by molar-refractivity contribution is 6.31. The van der Waals surface area contributed by atoms with Gasteiger partial charge in [0, 0.05) is 5.02 Å². The first-order valence-electron chi connectivity index (χ1n) is 6.83. The van der Waals surface area contributed by atoms with Crippen molar-refractivity contribution in [1.29, 1.82) is 0 Å². The van der Waals surface area contributed by atoms with E-state index in [4.69, 9.17) is 11.6 Å². The van der Waals surface area contributed by atoms with Crippen molar-refractivity contribution in [2.24, 2.45) is 5.92 Å². The maximum Gasteiger partial charge on any atom is 0.0440 e. The van der Waals surface area contributed by atoms with Gasteiger partial charge in [0.15, 0.2) is 0 Å². The molecule has 0 aromatic heterocycles. The predicted molar refractivity (Wildman–Crippen MR) is 77.9 cm³/mol. The Balaban J connectivity index is 0.000000686. The van der Waals surface area contributed by atoms with Crippen LogP contribution in [0.4, 0.5) is 0 Å². The maximum atomic E-state index is 6.27. The maximum absolute atomic E-state index is 6.27. The lowest BCUT2D eigenvalue weighted by molar-refractivity contribution is 0.290. The first-order chi connectivity index (χ1) is 8.05.